The molecule has 8 nitrogen and oxygen atoms in total. The van der Waals surface area contributed by atoms with Gasteiger partial charge >= 0.3 is 5.97 Å². The van der Waals surface area contributed by atoms with Crippen molar-refractivity contribution < 1.29 is 19.2 Å². The lowest BCUT2D eigenvalue weighted by Crippen LogP contribution is -2.25. The van der Waals surface area contributed by atoms with E-state index in [1.54, 1.807) is 12.1 Å². The highest BCUT2D eigenvalue weighted by Gasteiger charge is 2.16. The van der Waals surface area contributed by atoms with Crippen molar-refractivity contribution in [2.75, 3.05) is 11.9 Å². The Morgan fingerprint density at radius 3 is 2.27 bits per heavy atom. The van der Waals surface area contributed by atoms with Crippen LogP contribution in [0.4, 0.5) is 5.69 Å². The number of carboxylic acids is 1. The molecule has 0 radical (unpaired) electrons. The molecule has 0 saturated heterocycles. The number of hydrogen-bond donors (Lipinski definition) is 3. The topological polar surface area (TPSA) is 117 Å². The van der Waals surface area contributed by atoms with Gasteiger partial charge in [0, 0.05) is 28.9 Å². The maximum absolute atomic E-state index is 12.2. The fourth-order valence-corrected chi connectivity index (χ4v) is 3.96. The zero-order chi connectivity index (χ0) is 26.2. The largest absolute Gasteiger partial charge is 0.481 e. The van der Waals surface area contributed by atoms with E-state index in [4.69, 9.17) is 9.63 Å². The van der Waals surface area contributed by atoms with Gasteiger partial charge in [0.2, 0.25) is 5.82 Å². The van der Waals surface area contributed by atoms with E-state index < -0.39 is 5.97 Å². The van der Waals surface area contributed by atoms with Crippen LogP contribution in [0.15, 0.2) is 83.4 Å². The number of rotatable bonds is 11. The van der Waals surface area contributed by atoms with Crippen molar-refractivity contribution in [2.45, 2.75) is 32.7 Å². The predicted molar refractivity (Wildman–Crippen MR) is 142 cm³/mol. The molecule has 0 bridgehead atoms. The number of nitrogens with one attached hydrogen (secondary N) is 2. The van der Waals surface area contributed by atoms with Crippen LogP contribution >= 0.6 is 0 Å². The molecule has 1 atom stereocenters. The Bertz CT molecular complexity index is 1320. The van der Waals surface area contributed by atoms with E-state index in [-0.39, 0.29) is 24.9 Å². The van der Waals surface area contributed by atoms with Crippen LogP contribution in [0.1, 0.15) is 48.7 Å². The quantitative estimate of drug-likeness (QED) is 0.239. The lowest BCUT2D eigenvalue weighted by atomic mass is 9.95. The maximum atomic E-state index is 12.2. The highest BCUT2D eigenvalue weighted by molar-refractivity contribution is 5.94. The van der Waals surface area contributed by atoms with E-state index in [0.717, 1.165) is 28.8 Å². The van der Waals surface area contributed by atoms with E-state index in [9.17, 15) is 9.59 Å². The predicted octanol–water partition coefficient (Wildman–Crippen LogP) is 5.81. The molecule has 0 saturated carbocycles. The number of nitrogens with zero attached hydrogens (tertiary/aromatic N) is 2. The second kappa shape index (κ2) is 12.0. The normalized spacial score (nSPS) is 11.8. The Hall–Kier alpha value is -4.46. The summed E-state index contributed by atoms with van der Waals surface area (Å²) in [5, 5.41) is 19.1. The number of carboxylic acid groups (broad SMARTS) is 1. The molecule has 1 unspecified atom stereocenters. The molecule has 0 aliphatic heterocycles. The molecule has 190 valence electrons. The smallest absolute Gasteiger partial charge is 0.305 e. The second-order valence-electron chi connectivity index (χ2n) is 9.21. The fourth-order valence-electron chi connectivity index (χ4n) is 3.96. The third kappa shape index (κ3) is 7.04. The lowest BCUT2D eigenvalue weighted by Gasteiger charge is -2.22. The molecule has 1 amide bonds. The SMILES string of the molecule is CC(C)CC(Nc1ccc(C(=O)NCCC(=O)O)cc1)c1ccc(-c2noc(-c3ccccc3)n2)cc1. The van der Waals surface area contributed by atoms with Crippen molar-refractivity contribution in [2.24, 2.45) is 5.92 Å². The number of carbonyl (C=O) groups excluding carboxylic acids is 1. The lowest BCUT2D eigenvalue weighted by molar-refractivity contribution is -0.136. The van der Waals surface area contributed by atoms with Crippen LogP contribution in [0.5, 0.6) is 0 Å². The summed E-state index contributed by atoms with van der Waals surface area (Å²) in [6, 6.07) is 25.0. The maximum Gasteiger partial charge on any atom is 0.305 e. The summed E-state index contributed by atoms with van der Waals surface area (Å²) in [4.78, 5) is 27.4. The van der Waals surface area contributed by atoms with Crippen molar-refractivity contribution in [1.29, 1.82) is 0 Å². The van der Waals surface area contributed by atoms with Crippen LogP contribution in [-0.2, 0) is 4.79 Å². The first-order chi connectivity index (χ1) is 17.9. The van der Waals surface area contributed by atoms with Crippen LogP contribution in [0.25, 0.3) is 22.8 Å². The first kappa shape index (κ1) is 25.6. The molecule has 3 N–H and O–H groups in total. The Morgan fingerprint density at radius 1 is 0.919 bits per heavy atom. The summed E-state index contributed by atoms with van der Waals surface area (Å²) >= 11 is 0. The number of amides is 1. The number of aliphatic carboxylic acids is 1. The van der Waals surface area contributed by atoms with Crippen LogP contribution in [0.2, 0.25) is 0 Å². The molecule has 4 rings (SSSR count). The molecule has 0 aliphatic carbocycles. The Kier molecular flexibility index (Phi) is 8.30. The average Bonchev–Trinajstić information content (AvgIpc) is 3.39. The van der Waals surface area contributed by atoms with E-state index >= 15 is 0 Å². The molecule has 1 aromatic heterocycles. The van der Waals surface area contributed by atoms with Gasteiger partial charge in [-0.2, -0.15) is 4.98 Å². The molecule has 0 spiro atoms. The molecular formula is C29H30N4O4. The summed E-state index contributed by atoms with van der Waals surface area (Å²) in [6.45, 7) is 4.45. The number of anilines is 1. The first-order valence-electron chi connectivity index (χ1n) is 12.2. The molecule has 0 aliphatic rings. The fraction of sp³-hybridized carbons (Fsp3) is 0.241. The van der Waals surface area contributed by atoms with E-state index in [2.05, 4.69) is 46.8 Å². The van der Waals surface area contributed by atoms with Crippen LogP contribution < -0.4 is 10.6 Å². The number of hydrogen-bond acceptors (Lipinski definition) is 6. The molecule has 1 heterocycles. The van der Waals surface area contributed by atoms with E-state index in [1.165, 1.54) is 0 Å². The minimum Gasteiger partial charge on any atom is -0.481 e. The van der Waals surface area contributed by atoms with Gasteiger partial charge in [-0.3, -0.25) is 9.59 Å². The van der Waals surface area contributed by atoms with Crippen molar-refractivity contribution >= 4 is 17.6 Å². The van der Waals surface area contributed by atoms with Gasteiger partial charge in [0.05, 0.1) is 12.5 Å². The van der Waals surface area contributed by atoms with Gasteiger partial charge in [-0.05, 0) is 54.3 Å². The summed E-state index contributed by atoms with van der Waals surface area (Å²) in [7, 11) is 0. The number of benzene rings is 3. The average molecular weight is 499 g/mol. The molecular weight excluding hydrogens is 468 g/mol. The minimum absolute atomic E-state index is 0.0643. The van der Waals surface area contributed by atoms with Crippen molar-refractivity contribution in [3.8, 4) is 22.8 Å². The van der Waals surface area contributed by atoms with Crippen molar-refractivity contribution in [1.82, 2.24) is 15.5 Å². The third-order valence-electron chi connectivity index (χ3n) is 5.84. The van der Waals surface area contributed by atoms with Gasteiger partial charge in [-0.25, -0.2) is 0 Å². The Balaban J connectivity index is 1.44. The zero-order valence-electron chi connectivity index (χ0n) is 20.8. The van der Waals surface area contributed by atoms with Crippen LogP contribution in [0.3, 0.4) is 0 Å². The summed E-state index contributed by atoms with van der Waals surface area (Å²) < 4.78 is 5.44. The first-order valence-corrected chi connectivity index (χ1v) is 12.2. The van der Waals surface area contributed by atoms with Crippen LogP contribution in [0, 0.1) is 5.92 Å². The number of carbonyl (C=O) groups is 2. The van der Waals surface area contributed by atoms with Gasteiger partial charge in [-0.1, -0.05) is 61.5 Å². The van der Waals surface area contributed by atoms with Gasteiger partial charge in [-0.15, -0.1) is 0 Å². The Morgan fingerprint density at radius 2 is 1.62 bits per heavy atom. The monoisotopic (exact) mass is 498 g/mol. The third-order valence-corrected chi connectivity index (χ3v) is 5.84. The zero-order valence-corrected chi connectivity index (χ0v) is 20.8. The number of aromatic nitrogens is 2. The molecule has 3 aromatic carbocycles. The molecule has 37 heavy (non-hydrogen) atoms. The molecule has 0 fully saturated rings. The highest BCUT2D eigenvalue weighted by Crippen LogP contribution is 2.29. The van der Waals surface area contributed by atoms with Gasteiger partial charge in [0.15, 0.2) is 0 Å². The minimum atomic E-state index is -0.946. The van der Waals surface area contributed by atoms with Crippen molar-refractivity contribution in [3.63, 3.8) is 0 Å². The summed E-state index contributed by atoms with van der Waals surface area (Å²) in [5.74, 6) is 0.244. The second-order valence-corrected chi connectivity index (χ2v) is 9.21. The van der Waals surface area contributed by atoms with Crippen LogP contribution in [-0.4, -0.2) is 33.7 Å². The summed E-state index contributed by atoms with van der Waals surface area (Å²) in [6.07, 6.45) is 0.805. The van der Waals surface area contributed by atoms with E-state index in [1.807, 2.05) is 54.6 Å². The Labute approximate surface area is 215 Å². The molecule has 8 heteroatoms. The standard InChI is InChI=1S/C29H30N4O4/c1-19(2)18-25(31-24-14-12-22(13-15-24)28(36)30-17-16-26(34)35)20-8-10-21(11-9-20)27-32-29(37-33-27)23-6-4-3-5-7-23/h3-15,19,25,31H,16-18H2,1-2H3,(H,30,36)(H,34,35). The van der Waals surface area contributed by atoms with Gasteiger partial charge < -0.3 is 20.3 Å². The van der Waals surface area contributed by atoms with E-state index in [0.29, 0.717) is 23.2 Å². The van der Waals surface area contributed by atoms with Gasteiger partial charge in [0.25, 0.3) is 11.8 Å². The van der Waals surface area contributed by atoms with Crippen molar-refractivity contribution in [3.05, 3.63) is 90.0 Å². The summed E-state index contributed by atoms with van der Waals surface area (Å²) in [5.41, 5.74) is 4.25. The van der Waals surface area contributed by atoms with Gasteiger partial charge in [0.1, 0.15) is 0 Å². The molecule has 4 aromatic rings. The highest BCUT2D eigenvalue weighted by atomic mass is 16.5.